The number of sulfone groups is 1. The van der Waals surface area contributed by atoms with E-state index in [1.165, 1.54) is 0 Å². The Balaban J connectivity index is 1.42. The van der Waals surface area contributed by atoms with E-state index in [1.807, 2.05) is 24.3 Å². The minimum atomic E-state index is -3.16. The van der Waals surface area contributed by atoms with Crippen molar-refractivity contribution in [2.24, 2.45) is 0 Å². The summed E-state index contributed by atoms with van der Waals surface area (Å²) in [4.78, 5) is 14.3. The van der Waals surface area contributed by atoms with Crippen molar-refractivity contribution in [1.82, 2.24) is 15.1 Å². The van der Waals surface area contributed by atoms with E-state index in [9.17, 15) is 13.2 Å². The summed E-state index contributed by atoms with van der Waals surface area (Å²) in [6, 6.07) is 9.14. The molecule has 1 aromatic heterocycles. The van der Waals surface area contributed by atoms with Gasteiger partial charge in [-0.25, -0.2) is 8.42 Å². The molecule has 0 radical (unpaired) electrons. The number of H-pyrrole nitrogens is 1. The molecule has 2 aromatic rings. The lowest BCUT2D eigenvalue weighted by Crippen LogP contribution is -2.58. The molecule has 7 nitrogen and oxygen atoms in total. The van der Waals surface area contributed by atoms with Gasteiger partial charge in [-0.1, -0.05) is 31.4 Å². The summed E-state index contributed by atoms with van der Waals surface area (Å²) in [6.45, 7) is 0.529. The van der Waals surface area contributed by atoms with Gasteiger partial charge in [-0.15, -0.1) is 0 Å². The number of carbonyl (C=O) groups excluding carboxylic acids is 1. The molecule has 1 aliphatic heterocycles. The van der Waals surface area contributed by atoms with Gasteiger partial charge in [0, 0.05) is 18.7 Å². The zero-order valence-corrected chi connectivity index (χ0v) is 16.7. The lowest BCUT2D eigenvalue weighted by atomic mass is 10.0. The van der Waals surface area contributed by atoms with E-state index < -0.39 is 15.1 Å². The van der Waals surface area contributed by atoms with Gasteiger partial charge in [-0.05, 0) is 31.0 Å². The van der Waals surface area contributed by atoms with Crippen LogP contribution in [0.3, 0.4) is 0 Å². The predicted molar refractivity (Wildman–Crippen MR) is 106 cm³/mol. The van der Waals surface area contributed by atoms with Crippen molar-refractivity contribution in [3.8, 4) is 17.0 Å². The van der Waals surface area contributed by atoms with Crippen LogP contribution in [-0.2, 0) is 9.84 Å². The molecule has 4 rings (SSSR count). The number of amides is 1. The van der Waals surface area contributed by atoms with Crippen molar-refractivity contribution in [3.63, 3.8) is 0 Å². The standard InChI is InChI=1S/C20H25N3O4S/c1-27-19-10-6-5-9-16(19)17-11-18(22-21-17)20(24)23-12-15(13-23)28(25,26)14-7-3-2-4-8-14/h5-6,9-11,14-15H,2-4,7-8,12-13H2,1H3,(H,21,22). The molecule has 1 amide bonds. The molecule has 2 aliphatic rings. The number of hydrogen-bond donors (Lipinski definition) is 1. The number of carbonyl (C=O) groups is 1. The summed E-state index contributed by atoms with van der Waals surface area (Å²) in [5.74, 6) is 0.458. The molecule has 1 aromatic carbocycles. The van der Waals surface area contributed by atoms with Crippen molar-refractivity contribution in [3.05, 3.63) is 36.0 Å². The first-order chi connectivity index (χ1) is 13.5. The first kappa shape index (κ1) is 19.0. The molecule has 1 N–H and O–H groups in total. The van der Waals surface area contributed by atoms with Crippen LogP contribution >= 0.6 is 0 Å². The molecule has 2 heterocycles. The third-order valence-electron chi connectivity index (χ3n) is 5.81. The molecule has 0 spiro atoms. The van der Waals surface area contributed by atoms with Crippen molar-refractivity contribution >= 4 is 15.7 Å². The quantitative estimate of drug-likeness (QED) is 0.829. The van der Waals surface area contributed by atoms with E-state index >= 15 is 0 Å². The van der Waals surface area contributed by atoms with Gasteiger partial charge in [0.25, 0.3) is 5.91 Å². The maximum absolute atomic E-state index is 12.8. The summed E-state index contributed by atoms with van der Waals surface area (Å²) in [5, 5.41) is 6.34. The number of para-hydroxylation sites is 1. The van der Waals surface area contributed by atoms with E-state index in [2.05, 4.69) is 10.2 Å². The van der Waals surface area contributed by atoms with Crippen LogP contribution in [0, 0.1) is 0 Å². The molecule has 150 valence electrons. The van der Waals surface area contributed by atoms with E-state index in [4.69, 9.17) is 4.74 Å². The number of benzene rings is 1. The molecular formula is C20H25N3O4S. The summed E-state index contributed by atoms with van der Waals surface area (Å²) in [5.41, 5.74) is 1.77. The van der Waals surface area contributed by atoms with Crippen LogP contribution in [0.2, 0.25) is 0 Å². The Kier molecular flexibility index (Phi) is 5.14. The first-order valence-corrected chi connectivity index (χ1v) is 11.3. The van der Waals surface area contributed by atoms with Crippen LogP contribution in [0.25, 0.3) is 11.3 Å². The second-order valence-corrected chi connectivity index (χ2v) is 10.1. The third kappa shape index (κ3) is 3.41. The first-order valence-electron chi connectivity index (χ1n) is 9.71. The van der Waals surface area contributed by atoms with Crippen molar-refractivity contribution in [1.29, 1.82) is 0 Å². The SMILES string of the molecule is COc1ccccc1-c1cc(C(=O)N2CC(S(=O)(=O)C3CCCCC3)C2)[nH]n1. The van der Waals surface area contributed by atoms with Crippen LogP contribution in [0.15, 0.2) is 30.3 Å². The van der Waals surface area contributed by atoms with Gasteiger partial charge in [0.05, 0.1) is 23.3 Å². The third-order valence-corrected chi connectivity index (χ3v) is 8.44. The highest BCUT2D eigenvalue weighted by Gasteiger charge is 2.44. The molecule has 1 aliphatic carbocycles. The fraction of sp³-hybridized carbons (Fsp3) is 0.500. The van der Waals surface area contributed by atoms with E-state index in [0.29, 0.717) is 17.1 Å². The number of nitrogens with one attached hydrogen (secondary N) is 1. The summed E-state index contributed by atoms with van der Waals surface area (Å²) in [6.07, 6.45) is 4.61. The Labute approximate surface area is 165 Å². The number of aromatic nitrogens is 2. The van der Waals surface area contributed by atoms with Gasteiger partial charge in [0.15, 0.2) is 9.84 Å². The van der Waals surface area contributed by atoms with Crippen LogP contribution in [-0.4, -0.2) is 60.1 Å². The summed E-state index contributed by atoms with van der Waals surface area (Å²) >= 11 is 0. The van der Waals surface area contributed by atoms with Gasteiger partial charge in [0.1, 0.15) is 11.4 Å². The average Bonchev–Trinajstić information content (AvgIpc) is 3.17. The molecule has 1 saturated heterocycles. The van der Waals surface area contributed by atoms with E-state index in [-0.39, 0.29) is 24.2 Å². The number of ether oxygens (including phenoxy) is 1. The normalized spacial score (nSPS) is 18.7. The second kappa shape index (κ2) is 7.58. The zero-order chi connectivity index (χ0) is 19.7. The van der Waals surface area contributed by atoms with E-state index in [0.717, 1.165) is 37.7 Å². The predicted octanol–water partition coefficient (Wildman–Crippen LogP) is 2.66. The van der Waals surface area contributed by atoms with Crippen molar-refractivity contribution in [2.75, 3.05) is 20.2 Å². The maximum Gasteiger partial charge on any atom is 0.271 e. The Bertz CT molecular complexity index is 957. The van der Waals surface area contributed by atoms with E-state index in [1.54, 1.807) is 18.1 Å². The topological polar surface area (TPSA) is 92.4 Å². The van der Waals surface area contributed by atoms with Crippen LogP contribution in [0.4, 0.5) is 0 Å². The number of rotatable bonds is 5. The molecule has 28 heavy (non-hydrogen) atoms. The zero-order valence-electron chi connectivity index (χ0n) is 15.9. The smallest absolute Gasteiger partial charge is 0.271 e. The largest absolute Gasteiger partial charge is 0.496 e. The molecule has 0 bridgehead atoms. The van der Waals surface area contributed by atoms with Gasteiger partial charge in [0.2, 0.25) is 0 Å². The highest BCUT2D eigenvalue weighted by molar-refractivity contribution is 7.92. The lowest BCUT2D eigenvalue weighted by molar-refractivity contribution is 0.0652. The average molecular weight is 404 g/mol. The minimum Gasteiger partial charge on any atom is -0.496 e. The minimum absolute atomic E-state index is 0.219. The van der Waals surface area contributed by atoms with Crippen LogP contribution in [0.1, 0.15) is 42.6 Å². The number of hydrogen-bond acceptors (Lipinski definition) is 5. The van der Waals surface area contributed by atoms with Crippen LogP contribution in [0.5, 0.6) is 5.75 Å². The van der Waals surface area contributed by atoms with Crippen molar-refractivity contribution in [2.45, 2.75) is 42.6 Å². The van der Waals surface area contributed by atoms with Gasteiger partial charge >= 0.3 is 0 Å². The Morgan fingerprint density at radius 3 is 2.57 bits per heavy atom. The molecule has 0 unspecified atom stereocenters. The monoisotopic (exact) mass is 403 g/mol. The van der Waals surface area contributed by atoms with Crippen LogP contribution < -0.4 is 4.74 Å². The Morgan fingerprint density at radius 2 is 1.86 bits per heavy atom. The number of aromatic amines is 1. The molecule has 0 atom stereocenters. The van der Waals surface area contributed by atoms with Gasteiger partial charge in [-0.3, -0.25) is 9.89 Å². The maximum atomic E-state index is 12.8. The van der Waals surface area contributed by atoms with Gasteiger partial charge < -0.3 is 9.64 Å². The van der Waals surface area contributed by atoms with Crippen molar-refractivity contribution < 1.29 is 17.9 Å². The Morgan fingerprint density at radius 1 is 1.14 bits per heavy atom. The highest BCUT2D eigenvalue weighted by atomic mass is 32.2. The number of likely N-dealkylation sites (tertiary alicyclic amines) is 1. The lowest BCUT2D eigenvalue weighted by Gasteiger charge is -2.40. The number of nitrogens with zero attached hydrogens (tertiary/aromatic N) is 2. The highest BCUT2D eigenvalue weighted by Crippen LogP contribution is 2.31. The molecular weight excluding hydrogens is 378 g/mol. The number of methoxy groups -OCH3 is 1. The summed E-state index contributed by atoms with van der Waals surface area (Å²) < 4.78 is 30.9. The fourth-order valence-electron chi connectivity index (χ4n) is 4.07. The Hall–Kier alpha value is -2.35. The molecule has 2 fully saturated rings. The second-order valence-electron chi connectivity index (χ2n) is 7.55. The molecule has 8 heteroatoms. The fourth-order valence-corrected chi connectivity index (χ4v) is 6.38. The summed E-state index contributed by atoms with van der Waals surface area (Å²) in [7, 11) is -1.57. The van der Waals surface area contributed by atoms with Gasteiger partial charge in [-0.2, -0.15) is 5.10 Å². The molecule has 1 saturated carbocycles.